The van der Waals surface area contributed by atoms with Crippen LogP contribution in [0.2, 0.25) is 0 Å². The number of nitrogens with zero attached hydrogens (tertiary/aromatic N) is 3. The summed E-state index contributed by atoms with van der Waals surface area (Å²) >= 11 is 1.53. The van der Waals surface area contributed by atoms with E-state index in [1.165, 1.54) is 17.6 Å². The minimum absolute atomic E-state index is 0.0904. The van der Waals surface area contributed by atoms with Crippen LogP contribution in [0.15, 0.2) is 50.2 Å². The van der Waals surface area contributed by atoms with Crippen LogP contribution in [0.4, 0.5) is 0 Å². The summed E-state index contributed by atoms with van der Waals surface area (Å²) in [4.78, 5) is 28.7. The Morgan fingerprint density at radius 3 is 2.75 bits per heavy atom. The smallest absolute Gasteiger partial charge is 0.273 e. The topological polar surface area (TPSA) is 91.8 Å². The van der Waals surface area contributed by atoms with Crippen molar-refractivity contribution in [1.29, 1.82) is 0 Å². The molecular formula is C19H20N4O4S. The minimum Gasteiger partial charge on any atom is -0.461 e. The molecule has 28 heavy (non-hydrogen) atoms. The average molecular weight is 400 g/mol. The molecule has 3 aromatic heterocycles. The van der Waals surface area contributed by atoms with Gasteiger partial charge in [-0.15, -0.1) is 0 Å². The summed E-state index contributed by atoms with van der Waals surface area (Å²) in [5.41, 5.74) is 0.977. The highest BCUT2D eigenvalue weighted by atomic mass is 32.1. The number of carbonyl (C=O) groups excluding carboxylic acids is 2. The molecule has 1 saturated heterocycles. The van der Waals surface area contributed by atoms with Gasteiger partial charge in [-0.1, -0.05) is 5.16 Å². The maximum absolute atomic E-state index is 12.3. The number of hydrogen-bond donors (Lipinski definition) is 1. The van der Waals surface area contributed by atoms with E-state index in [0.29, 0.717) is 31.2 Å². The number of furan rings is 1. The zero-order chi connectivity index (χ0) is 19.3. The van der Waals surface area contributed by atoms with Crippen LogP contribution in [-0.2, 0) is 0 Å². The minimum atomic E-state index is -0.284. The number of rotatable bonds is 6. The van der Waals surface area contributed by atoms with Crippen molar-refractivity contribution in [2.24, 2.45) is 0 Å². The first-order valence-electron chi connectivity index (χ1n) is 9.03. The lowest BCUT2D eigenvalue weighted by atomic mass is 10.2. The molecule has 0 unspecified atom stereocenters. The lowest BCUT2D eigenvalue weighted by Gasteiger charge is -2.34. The Balaban J connectivity index is 1.20. The van der Waals surface area contributed by atoms with Gasteiger partial charge in [0.25, 0.3) is 11.8 Å². The fourth-order valence-electron chi connectivity index (χ4n) is 3.08. The van der Waals surface area contributed by atoms with E-state index in [9.17, 15) is 9.59 Å². The summed E-state index contributed by atoms with van der Waals surface area (Å²) in [6.07, 6.45) is 1.53. The Morgan fingerprint density at radius 2 is 2.04 bits per heavy atom. The second-order valence-corrected chi connectivity index (χ2v) is 7.24. The van der Waals surface area contributed by atoms with Gasteiger partial charge in [-0.05, 0) is 23.6 Å². The summed E-state index contributed by atoms with van der Waals surface area (Å²) in [6, 6.07) is 6.90. The highest BCUT2D eigenvalue weighted by Crippen LogP contribution is 2.20. The van der Waals surface area contributed by atoms with Gasteiger partial charge in [-0.2, -0.15) is 11.3 Å². The van der Waals surface area contributed by atoms with Crippen molar-refractivity contribution in [3.8, 4) is 11.5 Å². The van der Waals surface area contributed by atoms with E-state index in [1.54, 1.807) is 18.2 Å². The van der Waals surface area contributed by atoms with Crippen LogP contribution in [0, 0.1) is 0 Å². The van der Waals surface area contributed by atoms with Crippen molar-refractivity contribution in [1.82, 2.24) is 20.3 Å². The molecule has 1 fully saturated rings. The molecule has 0 bridgehead atoms. The number of thiophene rings is 1. The summed E-state index contributed by atoms with van der Waals surface area (Å²) < 4.78 is 10.4. The predicted octanol–water partition coefficient (Wildman–Crippen LogP) is 2.18. The molecule has 2 amide bonds. The number of amides is 2. The first kappa shape index (κ1) is 18.5. The SMILES string of the molecule is O=C(NCCN1CCN(C(=O)c2ccsc2)CC1)c1cc(-c2ccco2)on1. The first-order chi connectivity index (χ1) is 13.7. The maximum atomic E-state index is 12.3. The van der Waals surface area contributed by atoms with Crippen molar-refractivity contribution in [2.45, 2.75) is 0 Å². The molecule has 0 aliphatic carbocycles. The molecule has 1 aliphatic heterocycles. The Kier molecular flexibility index (Phi) is 5.54. The van der Waals surface area contributed by atoms with E-state index in [0.717, 1.165) is 25.2 Å². The summed E-state index contributed by atoms with van der Waals surface area (Å²) in [6.45, 7) is 4.18. The third-order valence-electron chi connectivity index (χ3n) is 4.65. The third kappa shape index (κ3) is 4.15. The molecule has 1 N–H and O–H groups in total. The summed E-state index contributed by atoms with van der Waals surface area (Å²) in [5, 5.41) is 10.4. The van der Waals surface area contributed by atoms with E-state index in [-0.39, 0.29) is 17.5 Å². The lowest BCUT2D eigenvalue weighted by Crippen LogP contribution is -2.50. The molecular weight excluding hydrogens is 380 g/mol. The molecule has 0 radical (unpaired) electrons. The molecule has 8 nitrogen and oxygen atoms in total. The van der Waals surface area contributed by atoms with Gasteiger partial charge in [0.15, 0.2) is 11.5 Å². The molecule has 146 valence electrons. The first-order valence-corrected chi connectivity index (χ1v) is 9.97. The fraction of sp³-hybridized carbons (Fsp3) is 0.316. The van der Waals surface area contributed by atoms with Crippen molar-refractivity contribution in [2.75, 3.05) is 39.3 Å². The molecule has 4 rings (SSSR count). The molecule has 9 heteroatoms. The second kappa shape index (κ2) is 8.41. The standard InChI is InChI=1S/C19H20N4O4S/c24-18(15-12-17(27-21-15)16-2-1-10-26-16)20-4-5-22-6-8-23(9-7-22)19(25)14-3-11-28-13-14/h1-3,10-13H,4-9H2,(H,20,24). The highest BCUT2D eigenvalue weighted by molar-refractivity contribution is 7.08. The number of hydrogen-bond acceptors (Lipinski definition) is 7. The van der Waals surface area contributed by atoms with Crippen molar-refractivity contribution < 1.29 is 18.5 Å². The highest BCUT2D eigenvalue weighted by Gasteiger charge is 2.22. The van der Waals surface area contributed by atoms with Crippen molar-refractivity contribution >= 4 is 23.2 Å². The van der Waals surface area contributed by atoms with Crippen LogP contribution in [0.25, 0.3) is 11.5 Å². The van der Waals surface area contributed by atoms with Gasteiger partial charge in [0.1, 0.15) is 0 Å². The van der Waals surface area contributed by atoms with Gasteiger partial charge in [0, 0.05) is 50.7 Å². The van der Waals surface area contributed by atoms with E-state index < -0.39 is 0 Å². The Bertz CT molecular complexity index is 912. The van der Waals surface area contributed by atoms with E-state index >= 15 is 0 Å². The van der Waals surface area contributed by atoms with Crippen LogP contribution in [0.3, 0.4) is 0 Å². The number of piperazine rings is 1. The normalized spacial score (nSPS) is 14.9. The van der Waals surface area contributed by atoms with Gasteiger partial charge < -0.3 is 19.2 Å². The average Bonchev–Trinajstić information content (AvgIpc) is 3.50. The number of nitrogens with one attached hydrogen (secondary N) is 1. The molecule has 0 spiro atoms. The largest absolute Gasteiger partial charge is 0.461 e. The van der Waals surface area contributed by atoms with Gasteiger partial charge >= 0.3 is 0 Å². The number of aromatic nitrogens is 1. The van der Waals surface area contributed by atoms with Gasteiger partial charge in [-0.25, -0.2) is 0 Å². The van der Waals surface area contributed by atoms with Crippen molar-refractivity contribution in [3.05, 3.63) is 52.5 Å². The second-order valence-electron chi connectivity index (χ2n) is 6.46. The predicted molar refractivity (Wildman–Crippen MR) is 103 cm³/mol. The molecule has 1 aliphatic rings. The zero-order valence-corrected chi connectivity index (χ0v) is 16.0. The molecule has 0 aromatic carbocycles. The fourth-order valence-corrected chi connectivity index (χ4v) is 3.71. The quantitative estimate of drug-likeness (QED) is 0.682. The maximum Gasteiger partial charge on any atom is 0.273 e. The zero-order valence-electron chi connectivity index (χ0n) is 15.2. The molecule has 0 atom stereocenters. The van der Waals surface area contributed by atoms with Crippen LogP contribution >= 0.6 is 11.3 Å². The van der Waals surface area contributed by atoms with Crippen molar-refractivity contribution in [3.63, 3.8) is 0 Å². The molecule has 0 saturated carbocycles. The monoisotopic (exact) mass is 400 g/mol. The Hall–Kier alpha value is -2.91. The van der Waals surface area contributed by atoms with Crippen LogP contribution in [0.1, 0.15) is 20.8 Å². The van der Waals surface area contributed by atoms with Crippen LogP contribution in [-0.4, -0.2) is 66.0 Å². The van der Waals surface area contributed by atoms with Gasteiger partial charge in [0.05, 0.1) is 11.8 Å². The third-order valence-corrected chi connectivity index (χ3v) is 5.33. The Labute approximate surface area is 165 Å². The lowest BCUT2D eigenvalue weighted by molar-refractivity contribution is 0.0638. The van der Waals surface area contributed by atoms with Crippen LogP contribution < -0.4 is 5.32 Å². The molecule has 4 heterocycles. The summed E-state index contributed by atoms with van der Waals surface area (Å²) in [7, 11) is 0. The van der Waals surface area contributed by atoms with Gasteiger partial charge in [0.2, 0.25) is 5.76 Å². The van der Waals surface area contributed by atoms with E-state index in [4.69, 9.17) is 8.94 Å². The van der Waals surface area contributed by atoms with E-state index in [1.807, 2.05) is 21.7 Å². The van der Waals surface area contributed by atoms with Crippen LogP contribution in [0.5, 0.6) is 0 Å². The van der Waals surface area contributed by atoms with E-state index in [2.05, 4.69) is 15.4 Å². The summed E-state index contributed by atoms with van der Waals surface area (Å²) in [5.74, 6) is 0.753. The van der Waals surface area contributed by atoms with Gasteiger partial charge in [-0.3, -0.25) is 14.5 Å². The number of carbonyl (C=O) groups is 2. The Morgan fingerprint density at radius 1 is 1.18 bits per heavy atom. The molecule has 3 aromatic rings.